The van der Waals surface area contributed by atoms with Gasteiger partial charge in [-0.05, 0) is 24.3 Å². The van der Waals surface area contributed by atoms with E-state index >= 15 is 0 Å². The molecule has 0 aromatic carbocycles. The van der Waals surface area contributed by atoms with E-state index in [-0.39, 0.29) is 29.3 Å². The fourth-order valence-electron chi connectivity index (χ4n) is 4.06. The predicted molar refractivity (Wildman–Crippen MR) is 69.1 cm³/mol. The Morgan fingerprint density at radius 3 is 2.68 bits per heavy atom. The molecule has 0 aromatic rings. The molecule has 3 aliphatic rings. The van der Waals surface area contributed by atoms with Gasteiger partial charge in [-0.15, -0.1) is 0 Å². The monoisotopic (exact) mass is 264 g/mol. The second-order valence-corrected chi connectivity index (χ2v) is 6.42. The molecule has 1 unspecified atom stereocenters. The lowest BCUT2D eigenvalue weighted by Gasteiger charge is -2.53. The molecule has 1 heterocycles. The van der Waals surface area contributed by atoms with Gasteiger partial charge in [0.1, 0.15) is 6.10 Å². The fourth-order valence-corrected chi connectivity index (χ4v) is 4.06. The minimum atomic E-state index is -0.657. The molecule has 104 valence electrons. The number of ether oxygens (including phenoxy) is 1. The second-order valence-electron chi connectivity index (χ2n) is 6.42. The third-order valence-electron chi connectivity index (χ3n) is 5.43. The van der Waals surface area contributed by atoms with Crippen LogP contribution in [-0.4, -0.2) is 34.5 Å². The van der Waals surface area contributed by atoms with E-state index in [1.807, 2.05) is 6.92 Å². The Hall–Kier alpha value is -1.13. The molecule has 6 atom stereocenters. The van der Waals surface area contributed by atoms with Crippen LogP contribution in [0.15, 0.2) is 24.3 Å². The molecule has 1 aliphatic heterocycles. The van der Waals surface area contributed by atoms with Gasteiger partial charge in [0.05, 0.1) is 12.2 Å². The van der Waals surface area contributed by atoms with Crippen molar-refractivity contribution < 1.29 is 19.7 Å². The van der Waals surface area contributed by atoms with Crippen LogP contribution in [0.5, 0.6) is 0 Å². The van der Waals surface area contributed by atoms with Gasteiger partial charge in [0.15, 0.2) is 0 Å². The molecule has 2 N–H and O–H groups in total. The topological polar surface area (TPSA) is 66.8 Å². The maximum atomic E-state index is 11.6. The van der Waals surface area contributed by atoms with Gasteiger partial charge in [0.25, 0.3) is 0 Å². The van der Waals surface area contributed by atoms with Crippen molar-refractivity contribution in [3.63, 3.8) is 0 Å². The van der Waals surface area contributed by atoms with Gasteiger partial charge in [0, 0.05) is 23.3 Å². The lowest BCUT2D eigenvalue weighted by Crippen LogP contribution is -2.54. The van der Waals surface area contributed by atoms with E-state index in [0.29, 0.717) is 24.8 Å². The minimum Gasteiger partial charge on any atom is -0.458 e. The lowest BCUT2D eigenvalue weighted by molar-refractivity contribution is -0.148. The highest BCUT2D eigenvalue weighted by atomic mass is 16.6. The van der Waals surface area contributed by atoms with E-state index in [1.165, 1.54) is 0 Å². The van der Waals surface area contributed by atoms with Crippen LogP contribution in [0.4, 0.5) is 0 Å². The van der Waals surface area contributed by atoms with E-state index in [4.69, 9.17) is 4.74 Å². The first-order valence-electron chi connectivity index (χ1n) is 6.79. The van der Waals surface area contributed by atoms with Crippen LogP contribution in [-0.2, 0) is 9.53 Å². The summed E-state index contributed by atoms with van der Waals surface area (Å²) < 4.78 is 5.36. The zero-order chi connectivity index (χ0) is 13.9. The van der Waals surface area contributed by atoms with E-state index in [9.17, 15) is 15.0 Å². The van der Waals surface area contributed by atoms with Gasteiger partial charge in [-0.25, -0.2) is 4.79 Å². The van der Waals surface area contributed by atoms with Gasteiger partial charge in [0.2, 0.25) is 0 Å². The van der Waals surface area contributed by atoms with E-state index in [2.05, 4.69) is 13.2 Å². The average Bonchev–Trinajstić information content (AvgIpc) is 2.61. The van der Waals surface area contributed by atoms with Crippen LogP contribution < -0.4 is 0 Å². The standard InChI is InChI=1S/C15H20O4/c1-7-9-4-10-8(2)11(16)5-13(17)15(10,3)6-12(9)19-14(7)18/h9-13,16-17H,1-2,4-6H2,3H3/t9-,10?,11-,12-,13+,15-/m1/s1. The van der Waals surface area contributed by atoms with Gasteiger partial charge < -0.3 is 14.9 Å². The molecule has 1 saturated heterocycles. The molecule has 0 radical (unpaired) electrons. The molecule has 2 saturated carbocycles. The summed E-state index contributed by atoms with van der Waals surface area (Å²) in [4.78, 5) is 11.6. The van der Waals surface area contributed by atoms with Crippen molar-refractivity contribution in [1.82, 2.24) is 0 Å². The number of aliphatic hydroxyl groups is 2. The highest BCUT2D eigenvalue weighted by Crippen LogP contribution is 2.56. The summed E-state index contributed by atoms with van der Waals surface area (Å²) in [6, 6.07) is 0. The zero-order valence-electron chi connectivity index (χ0n) is 11.1. The molecule has 3 fully saturated rings. The molecular formula is C15H20O4. The van der Waals surface area contributed by atoms with Crippen LogP contribution in [0.2, 0.25) is 0 Å². The summed E-state index contributed by atoms with van der Waals surface area (Å²) in [7, 11) is 0. The Morgan fingerprint density at radius 1 is 1.32 bits per heavy atom. The van der Waals surface area contributed by atoms with Gasteiger partial charge in [-0.3, -0.25) is 0 Å². The summed E-state index contributed by atoms with van der Waals surface area (Å²) in [6.07, 6.45) is 0.179. The maximum Gasteiger partial charge on any atom is 0.334 e. The Balaban J connectivity index is 1.95. The van der Waals surface area contributed by atoms with Crippen molar-refractivity contribution in [1.29, 1.82) is 0 Å². The first-order chi connectivity index (χ1) is 8.84. The molecule has 0 amide bonds. The van der Waals surface area contributed by atoms with Crippen LogP contribution in [0, 0.1) is 17.3 Å². The number of hydrogen-bond donors (Lipinski definition) is 2. The number of fused-ring (bicyclic) bond motifs is 2. The summed E-state index contributed by atoms with van der Waals surface area (Å²) in [5.74, 6) is -0.309. The van der Waals surface area contributed by atoms with Crippen molar-refractivity contribution in [2.45, 2.75) is 44.5 Å². The number of carbonyl (C=O) groups excluding carboxylic acids is 1. The second kappa shape index (κ2) is 3.93. The lowest BCUT2D eigenvalue weighted by atomic mass is 9.54. The highest BCUT2D eigenvalue weighted by molar-refractivity contribution is 5.90. The van der Waals surface area contributed by atoms with Gasteiger partial charge >= 0.3 is 5.97 Å². The molecule has 4 heteroatoms. The third kappa shape index (κ3) is 1.63. The van der Waals surface area contributed by atoms with Crippen molar-refractivity contribution in [3.8, 4) is 0 Å². The van der Waals surface area contributed by atoms with Crippen molar-refractivity contribution in [3.05, 3.63) is 24.3 Å². The number of aliphatic hydroxyl groups excluding tert-OH is 2. The van der Waals surface area contributed by atoms with Crippen LogP contribution in [0.1, 0.15) is 26.2 Å². The molecule has 19 heavy (non-hydrogen) atoms. The van der Waals surface area contributed by atoms with Crippen LogP contribution >= 0.6 is 0 Å². The minimum absolute atomic E-state index is 0.000162. The van der Waals surface area contributed by atoms with Crippen LogP contribution in [0.25, 0.3) is 0 Å². The first kappa shape index (κ1) is 12.9. The predicted octanol–water partition coefficient (Wildman–Crippen LogP) is 1.18. The molecule has 0 bridgehead atoms. The molecule has 3 rings (SSSR count). The number of rotatable bonds is 0. The van der Waals surface area contributed by atoms with E-state index in [1.54, 1.807) is 0 Å². The molecular weight excluding hydrogens is 244 g/mol. The summed E-state index contributed by atoms with van der Waals surface area (Å²) in [5.41, 5.74) is 0.926. The molecule has 0 aromatic heterocycles. The molecule has 0 spiro atoms. The van der Waals surface area contributed by atoms with Crippen molar-refractivity contribution in [2.24, 2.45) is 17.3 Å². The molecule has 2 aliphatic carbocycles. The van der Waals surface area contributed by atoms with E-state index < -0.39 is 12.2 Å². The zero-order valence-corrected chi connectivity index (χ0v) is 11.1. The summed E-state index contributed by atoms with van der Waals surface area (Å²) in [5, 5.41) is 20.3. The smallest absolute Gasteiger partial charge is 0.334 e. The Bertz CT molecular complexity index is 469. The number of hydrogen-bond acceptors (Lipinski definition) is 4. The Labute approximate surface area is 112 Å². The summed E-state index contributed by atoms with van der Waals surface area (Å²) >= 11 is 0. The van der Waals surface area contributed by atoms with Gasteiger partial charge in [-0.1, -0.05) is 20.1 Å². The average molecular weight is 264 g/mol. The highest BCUT2D eigenvalue weighted by Gasteiger charge is 2.57. The maximum absolute atomic E-state index is 11.6. The van der Waals surface area contributed by atoms with E-state index in [0.717, 1.165) is 5.57 Å². The largest absolute Gasteiger partial charge is 0.458 e. The van der Waals surface area contributed by atoms with Crippen molar-refractivity contribution in [2.75, 3.05) is 0 Å². The Morgan fingerprint density at radius 2 is 2.00 bits per heavy atom. The number of esters is 1. The SMILES string of the molecule is C=C1C2C[C@@H]3C(=C)C(=O)O[C@@H]3C[C@@]2(C)[C@@H](O)C[C@H]1O. The third-order valence-corrected chi connectivity index (χ3v) is 5.43. The van der Waals surface area contributed by atoms with Crippen LogP contribution in [0.3, 0.4) is 0 Å². The summed E-state index contributed by atoms with van der Waals surface area (Å²) in [6.45, 7) is 9.82. The number of carbonyl (C=O) groups is 1. The Kier molecular flexibility index (Phi) is 2.67. The fraction of sp³-hybridized carbons (Fsp3) is 0.667. The van der Waals surface area contributed by atoms with Crippen molar-refractivity contribution >= 4 is 5.97 Å². The normalized spacial score (nSPS) is 49.6. The first-order valence-corrected chi connectivity index (χ1v) is 6.79. The quantitative estimate of drug-likeness (QED) is 0.392. The van der Waals surface area contributed by atoms with Gasteiger partial charge in [-0.2, -0.15) is 0 Å². The molecule has 4 nitrogen and oxygen atoms in total.